The average Bonchev–Trinajstić information content (AvgIpc) is 3.35. The van der Waals surface area contributed by atoms with Crippen molar-refractivity contribution < 1.29 is 0 Å². The first-order chi connectivity index (χ1) is 12.7. The van der Waals surface area contributed by atoms with Crippen LogP contribution in [-0.2, 0) is 0 Å². The minimum atomic E-state index is 0.498. The van der Waals surface area contributed by atoms with Crippen LogP contribution >= 0.6 is 0 Å². The average molecular weight is 358 g/mol. The number of aliphatic imine (C=N–C) groups is 1. The van der Waals surface area contributed by atoms with Gasteiger partial charge in [0.2, 0.25) is 0 Å². The molecule has 1 aromatic rings. The van der Waals surface area contributed by atoms with E-state index in [9.17, 15) is 0 Å². The van der Waals surface area contributed by atoms with Crippen LogP contribution in [0.15, 0.2) is 35.3 Å². The molecular formula is C21H35N5. The lowest BCUT2D eigenvalue weighted by Gasteiger charge is -2.40. The molecule has 3 rings (SSSR count). The monoisotopic (exact) mass is 357 g/mol. The van der Waals surface area contributed by atoms with Gasteiger partial charge in [-0.25, -0.2) is 0 Å². The second-order valence-corrected chi connectivity index (χ2v) is 7.80. The first-order valence-corrected chi connectivity index (χ1v) is 10.2. The highest BCUT2D eigenvalue weighted by atomic mass is 15.3. The Hall–Kier alpha value is -1.59. The van der Waals surface area contributed by atoms with Gasteiger partial charge in [0.25, 0.3) is 0 Å². The third-order valence-electron chi connectivity index (χ3n) is 5.53. The quantitative estimate of drug-likeness (QED) is 0.447. The maximum atomic E-state index is 4.78. The van der Waals surface area contributed by atoms with Crippen molar-refractivity contribution >= 4 is 5.96 Å². The van der Waals surface area contributed by atoms with E-state index in [1.165, 1.54) is 12.0 Å². The Morgan fingerprint density at radius 1 is 1.23 bits per heavy atom. The van der Waals surface area contributed by atoms with Gasteiger partial charge in [0.15, 0.2) is 5.96 Å². The fourth-order valence-corrected chi connectivity index (χ4v) is 3.70. The fourth-order valence-electron chi connectivity index (χ4n) is 3.70. The summed E-state index contributed by atoms with van der Waals surface area (Å²) >= 11 is 0. The molecule has 144 valence electrons. The van der Waals surface area contributed by atoms with Gasteiger partial charge in [-0.3, -0.25) is 9.89 Å². The van der Waals surface area contributed by atoms with E-state index in [0.717, 1.165) is 57.6 Å². The van der Waals surface area contributed by atoms with Crippen LogP contribution in [0.2, 0.25) is 0 Å². The molecule has 2 aliphatic rings. The molecule has 1 aromatic carbocycles. The zero-order valence-corrected chi connectivity index (χ0v) is 16.6. The van der Waals surface area contributed by atoms with Crippen LogP contribution in [0.5, 0.6) is 0 Å². The third kappa shape index (κ3) is 5.45. The van der Waals surface area contributed by atoms with E-state index >= 15 is 0 Å². The summed E-state index contributed by atoms with van der Waals surface area (Å²) in [6.07, 6.45) is 2.37. The van der Waals surface area contributed by atoms with Crippen molar-refractivity contribution in [3.63, 3.8) is 0 Å². The van der Waals surface area contributed by atoms with Crippen molar-refractivity contribution in [2.24, 2.45) is 10.9 Å². The van der Waals surface area contributed by atoms with E-state index in [1.54, 1.807) is 0 Å². The topological polar surface area (TPSA) is 42.9 Å². The number of hydrogen-bond acceptors (Lipinski definition) is 3. The molecule has 0 aromatic heterocycles. The van der Waals surface area contributed by atoms with Gasteiger partial charge in [-0.1, -0.05) is 37.3 Å². The summed E-state index contributed by atoms with van der Waals surface area (Å²) in [4.78, 5) is 9.86. The van der Waals surface area contributed by atoms with E-state index in [4.69, 9.17) is 4.99 Å². The number of likely N-dealkylation sites (N-methyl/N-ethyl adjacent to an activating group) is 1. The Bertz CT molecular complexity index is 573. The maximum absolute atomic E-state index is 4.78. The summed E-state index contributed by atoms with van der Waals surface area (Å²) in [5, 5.41) is 6.91. The minimum absolute atomic E-state index is 0.498. The van der Waals surface area contributed by atoms with Gasteiger partial charge in [0.05, 0.1) is 0 Å². The second kappa shape index (κ2) is 9.38. The van der Waals surface area contributed by atoms with Crippen molar-refractivity contribution in [2.75, 3.05) is 46.3 Å². The zero-order chi connectivity index (χ0) is 18.4. The van der Waals surface area contributed by atoms with Crippen LogP contribution in [-0.4, -0.2) is 68.1 Å². The standard InChI is InChI=1S/C21H35N5/c1-4-22-21(24-19-15-17(19)2)23-11-8-12-26-14-13-25(3)16-20(26)18-9-6-5-7-10-18/h5-7,9-10,17,19-20H,4,8,11-16H2,1-3H3,(H2,22,23,24). The highest BCUT2D eigenvalue weighted by Crippen LogP contribution is 2.28. The summed E-state index contributed by atoms with van der Waals surface area (Å²) in [6.45, 7) is 10.7. The molecule has 3 atom stereocenters. The van der Waals surface area contributed by atoms with Crippen LogP contribution < -0.4 is 10.6 Å². The van der Waals surface area contributed by atoms with Crippen molar-refractivity contribution in [3.8, 4) is 0 Å². The number of nitrogens with zero attached hydrogens (tertiary/aromatic N) is 3. The van der Waals surface area contributed by atoms with Gasteiger partial charge in [-0.15, -0.1) is 0 Å². The first kappa shape index (κ1) is 19.2. The van der Waals surface area contributed by atoms with Gasteiger partial charge < -0.3 is 15.5 Å². The van der Waals surface area contributed by atoms with Crippen LogP contribution in [0.1, 0.15) is 38.3 Å². The van der Waals surface area contributed by atoms with Crippen molar-refractivity contribution in [2.45, 2.75) is 38.8 Å². The van der Waals surface area contributed by atoms with E-state index in [-0.39, 0.29) is 0 Å². The van der Waals surface area contributed by atoms with E-state index in [2.05, 4.69) is 71.7 Å². The highest BCUT2D eigenvalue weighted by molar-refractivity contribution is 5.80. The largest absolute Gasteiger partial charge is 0.357 e. The Morgan fingerprint density at radius 3 is 2.69 bits per heavy atom. The molecule has 0 spiro atoms. The molecule has 5 nitrogen and oxygen atoms in total. The molecule has 3 unspecified atom stereocenters. The molecule has 26 heavy (non-hydrogen) atoms. The summed E-state index contributed by atoms with van der Waals surface area (Å²) in [5.41, 5.74) is 1.43. The van der Waals surface area contributed by atoms with E-state index < -0.39 is 0 Å². The maximum Gasteiger partial charge on any atom is 0.191 e. The normalized spacial score (nSPS) is 27.3. The summed E-state index contributed by atoms with van der Waals surface area (Å²) in [5.74, 6) is 1.77. The number of nitrogens with one attached hydrogen (secondary N) is 2. The molecule has 2 fully saturated rings. The Morgan fingerprint density at radius 2 is 2.00 bits per heavy atom. The molecule has 0 bridgehead atoms. The van der Waals surface area contributed by atoms with Crippen LogP contribution in [0, 0.1) is 5.92 Å². The number of piperazine rings is 1. The van der Waals surface area contributed by atoms with Gasteiger partial charge in [-0.2, -0.15) is 0 Å². The number of rotatable bonds is 7. The molecule has 1 saturated carbocycles. The van der Waals surface area contributed by atoms with Gasteiger partial charge in [0, 0.05) is 51.4 Å². The van der Waals surface area contributed by atoms with Crippen LogP contribution in [0.4, 0.5) is 0 Å². The number of guanidine groups is 1. The Labute approximate surface area is 158 Å². The highest BCUT2D eigenvalue weighted by Gasteiger charge is 2.33. The SMILES string of the molecule is CCNC(=NCCCN1CCN(C)CC1c1ccccc1)NC1CC1C. The zero-order valence-electron chi connectivity index (χ0n) is 16.6. The predicted octanol–water partition coefficient (Wildman–Crippen LogP) is 2.33. The Kier molecular flexibility index (Phi) is 6.92. The second-order valence-electron chi connectivity index (χ2n) is 7.80. The van der Waals surface area contributed by atoms with Crippen molar-refractivity contribution in [1.29, 1.82) is 0 Å². The summed E-state index contributed by atoms with van der Waals surface area (Å²) in [7, 11) is 2.23. The van der Waals surface area contributed by atoms with Crippen LogP contribution in [0.25, 0.3) is 0 Å². The lowest BCUT2D eigenvalue weighted by atomic mass is 10.0. The fraction of sp³-hybridized carbons (Fsp3) is 0.667. The lowest BCUT2D eigenvalue weighted by molar-refractivity contribution is 0.0894. The van der Waals surface area contributed by atoms with Crippen molar-refractivity contribution in [1.82, 2.24) is 20.4 Å². The molecule has 1 aliphatic heterocycles. The molecule has 1 aliphatic carbocycles. The molecule has 2 N–H and O–H groups in total. The predicted molar refractivity (Wildman–Crippen MR) is 110 cm³/mol. The third-order valence-corrected chi connectivity index (χ3v) is 5.53. The van der Waals surface area contributed by atoms with Gasteiger partial charge in [-0.05, 0) is 38.3 Å². The van der Waals surface area contributed by atoms with Crippen molar-refractivity contribution in [3.05, 3.63) is 35.9 Å². The molecule has 0 amide bonds. The molecular weight excluding hydrogens is 322 g/mol. The van der Waals surface area contributed by atoms with E-state index in [0.29, 0.717) is 12.1 Å². The van der Waals surface area contributed by atoms with E-state index in [1.807, 2.05) is 0 Å². The molecule has 0 radical (unpaired) electrons. The van der Waals surface area contributed by atoms with Crippen LogP contribution in [0.3, 0.4) is 0 Å². The van der Waals surface area contributed by atoms with Gasteiger partial charge >= 0.3 is 0 Å². The summed E-state index contributed by atoms with van der Waals surface area (Å²) in [6, 6.07) is 12.0. The molecule has 1 heterocycles. The lowest BCUT2D eigenvalue weighted by Crippen LogP contribution is -2.47. The minimum Gasteiger partial charge on any atom is -0.357 e. The molecule has 1 saturated heterocycles. The first-order valence-electron chi connectivity index (χ1n) is 10.2. The van der Waals surface area contributed by atoms with Gasteiger partial charge in [0.1, 0.15) is 0 Å². The number of hydrogen-bond donors (Lipinski definition) is 2. The number of benzene rings is 1. The smallest absolute Gasteiger partial charge is 0.191 e. The Balaban J connectivity index is 1.51. The summed E-state index contributed by atoms with van der Waals surface area (Å²) < 4.78 is 0. The molecule has 5 heteroatoms.